The lowest BCUT2D eigenvalue weighted by molar-refractivity contribution is 0.0623. The molecule has 1 fully saturated rings. The second-order valence-electron chi connectivity index (χ2n) is 6.43. The summed E-state index contributed by atoms with van der Waals surface area (Å²) in [5, 5.41) is 0. The van der Waals surface area contributed by atoms with Crippen molar-refractivity contribution in [1.82, 2.24) is 14.8 Å². The van der Waals surface area contributed by atoms with Crippen LogP contribution in [0.25, 0.3) is 0 Å². The van der Waals surface area contributed by atoms with Crippen LogP contribution < -0.4 is 9.47 Å². The molecule has 1 aliphatic heterocycles. The van der Waals surface area contributed by atoms with Crippen molar-refractivity contribution in [2.45, 2.75) is 20.4 Å². The molecule has 6 heteroatoms. The van der Waals surface area contributed by atoms with Gasteiger partial charge in [-0.1, -0.05) is 12.1 Å². The van der Waals surface area contributed by atoms with Crippen LogP contribution in [-0.4, -0.2) is 60.1 Å². The lowest BCUT2D eigenvalue weighted by atomic mass is 10.1. The Morgan fingerprint density at radius 1 is 1.00 bits per heavy atom. The molecular formula is C21H27N3O3. The maximum atomic E-state index is 12.8. The molecule has 1 aliphatic rings. The van der Waals surface area contributed by atoms with Crippen molar-refractivity contribution in [3.8, 4) is 11.6 Å². The molecule has 1 saturated heterocycles. The number of hydrogen-bond donors (Lipinski definition) is 0. The lowest BCUT2D eigenvalue weighted by Gasteiger charge is -2.35. The van der Waals surface area contributed by atoms with E-state index in [0.717, 1.165) is 25.4 Å². The molecule has 2 heterocycles. The largest absolute Gasteiger partial charge is 0.494 e. The van der Waals surface area contributed by atoms with Gasteiger partial charge in [0.2, 0.25) is 5.88 Å². The van der Waals surface area contributed by atoms with E-state index in [1.165, 1.54) is 5.56 Å². The molecule has 27 heavy (non-hydrogen) atoms. The summed E-state index contributed by atoms with van der Waals surface area (Å²) in [6, 6.07) is 11.8. The van der Waals surface area contributed by atoms with E-state index in [-0.39, 0.29) is 5.91 Å². The van der Waals surface area contributed by atoms with E-state index in [1.54, 1.807) is 18.3 Å². The summed E-state index contributed by atoms with van der Waals surface area (Å²) >= 11 is 0. The molecule has 1 amide bonds. The number of carbonyl (C=O) groups excluding carboxylic acids is 1. The van der Waals surface area contributed by atoms with E-state index < -0.39 is 0 Å². The maximum Gasteiger partial charge on any atom is 0.259 e. The zero-order valence-corrected chi connectivity index (χ0v) is 16.1. The average molecular weight is 369 g/mol. The summed E-state index contributed by atoms with van der Waals surface area (Å²) in [5.41, 5.74) is 1.79. The Labute approximate surface area is 160 Å². The zero-order valence-electron chi connectivity index (χ0n) is 16.1. The van der Waals surface area contributed by atoms with Crippen molar-refractivity contribution in [2.24, 2.45) is 0 Å². The van der Waals surface area contributed by atoms with Crippen molar-refractivity contribution in [2.75, 3.05) is 39.4 Å². The van der Waals surface area contributed by atoms with Gasteiger partial charge in [-0.15, -0.1) is 0 Å². The van der Waals surface area contributed by atoms with Gasteiger partial charge in [0.15, 0.2) is 0 Å². The lowest BCUT2D eigenvalue weighted by Crippen LogP contribution is -2.48. The predicted octanol–water partition coefficient (Wildman–Crippen LogP) is 2.84. The standard InChI is InChI=1S/C21H27N3O3/c1-3-26-18-9-7-17(8-10-18)16-23-12-14-24(15-13-23)21(25)19-6-5-11-22-20(19)27-4-2/h5-11H,3-4,12-16H2,1-2H3. The highest BCUT2D eigenvalue weighted by atomic mass is 16.5. The first kappa shape index (κ1) is 19.2. The molecule has 0 bridgehead atoms. The SMILES string of the molecule is CCOc1ccc(CN2CCN(C(=O)c3cccnc3OCC)CC2)cc1. The number of piperazine rings is 1. The number of carbonyl (C=O) groups is 1. The van der Waals surface area contributed by atoms with Crippen LogP contribution in [0, 0.1) is 0 Å². The van der Waals surface area contributed by atoms with E-state index in [4.69, 9.17) is 9.47 Å². The first-order chi connectivity index (χ1) is 13.2. The van der Waals surface area contributed by atoms with Crippen molar-refractivity contribution < 1.29 is 14.3 Å². The Kier molecular flexibility index (Phi) is 6.65. The summed E-state index contributed by atoms with van der Waals surface area (Å²) in [7, 11) is 0. The number of benzene rings is 1. The number of amides is 1. The highest BCUT2D eigenvalue weighted by molar-refractivity contribution is 5.96. The molecule has 144 valence electrons. The molecule has 1 aromatic carbocycles. The molecule has 0 spiro atoms. The van der Waals surface area contributed by atoms with Gasteiger partial charge in [-0.3, -0.25) is 9.69 Å². The highest BCUT2D eigenvalue weighted by Crippen LogP contribution is 2.19. The Morgan fingerprint density at radius 3 is 2.37 bits per heavy atom. The predicted molar refractivity (Wildman–Crippen MR) is 104 cm³/mol. The Hall–Kier alpha value is -2.60. The summed E-state index contributed by atoms with van der Waals surface area (Å²) < 4.78 is 11.0. The van der Waals surface area contributed by atoms with Crippen molar-refractivity contribution in [3.63, 3.8) is 0 Å². The van der Waals surface area contributed by atoms with Gasteiger partial charge in [-0.2, -0.15) is 0 Å². The molecule has 0 radical (unpaired) electrons. The van der Waals surface area contributed by atoms with Gasteiger partial charge >= 0.3 is 0 Å². The monoisotopic (exact) mass is 369 g/mol. The Morgan fingerprint density at radius 2 is 1.70 bits per heavy atom. The van der Waals surface area contributed by atoms with E-state index in [2.05, 4.69) is 22.0 Å². The van der Waals surface area contributed by atoms with Crippen LogP contribution in [0.4, 0.5) is 0 Å². The smallest absolute Gasteiger partial charge is 0.259 e. The zero-order chi connectivity index (χ0) is 19.1. The van der Waals surface area contributed by atoms with E-state index in [1.807, 2.05) is 30.9 Å². The Bertz CT molecular complexity index is 741. The second-order valence-corrected chi connectivity index (χ2v) is 6.43. The van der Waals surface area contributed by atoms with Gasteiger partial charge < -0.3 is 14.4 Å². The molecule has 1 aromatic heterocycles. The molecule has 6 nitrogen and oxygen atoms in total. The molecule has 0 unspecified atom stereocenters. The van der Waals surface area contributed by atoms with Crippen molar-refractivity contribution in [3.05, 3.63) is 53.7 Å². The highest BCUT2D eigenvalue weighted by Gasteiger charge is 2.24. The third-order valence-electron chi connectivity index (χ3n) is 4.58. The first-order valence-electron chi connectivity index (χ1n) is 9.52. The molecule has 3 rings (SSSR count). The van der Waals surface area contributed by atoms with Gasteiger partial charge in [-0.05, 0) is 43.7 Å². The van der Waals surface area contributed by atoms with E-state index in [0.29, 0.717) is 37.7 Å². The number of ether oxygens (including phenoxy) is 2. The minimum Gasteiger partial charge on any atom is -0.494 e. The molecule has 0 atom stereocenters. The fraction of sp³-hybridized carbons (Fsp3) is 0.429. The van der Waals surface area contributed by atoms with Crippen LogP contribution in [0.1, 0.15) is 29.8 Å². The van der Waals surface area contributed by atoms with Crippen LogP contribution in [0.15, 0.2) is 42.6 Å². The van der Waals surface area contributed by atoms with Gasteiger partial charge in [0, 0.05) is 38.9 Å². The fourth-order valence-corrected chi connectivity index (χ4v) is 3.20. The minimum atomic E-state index is -0.00716. The first-order valence-corrected chi connectivity index (χ1v) is 9.52. The molecule has 0 N–H and O–H groups in total. The number of hydrogen-bond acceptors (Lipinski definition) is 5. The average Bonchev–Trinajstić information content (AvgIpc) is 2.70. The fourth-order valence-electron chi connectivity index (χ4n) is 3.20. The number of rotatable bonds is 7. The van der Waals surface area contributed by atoms with Crippen molar-refractivity contribution >= 4 is 5.91 Å². The van der Waals surface area contributed by atoms with Crippen LogP contribution in [0.3, 0.4) is 0 Å². The number of nitrogens with zero attached hydrogens (tertiary/aromatic N) is 3. The molecule has 0 aliphatic carbocycles. The van der Waals surface area contributed by atoms with E-state index >= 15 is 0 Å². The summed E-state index contributed by atoms with van der Waals surface area (Å²) in [4.78, 5) is 21.3. The normalized spacial score (nSPS) is 14.8. The van der Waals surface area contributed by atoms with Crippen molar-refractivity contribution in [1.29, 1.82) is 0 Å². The van der Waals surface area contributed by atoms with E-state index in [9.17, 15) is 4.79 Å². The van der Waals surface area contributed by atoms with Crippen LogP contribution in [-0.2, 0) is 6.54 Å². The Balaban J connectivity index is 1.55. The van der Waals surface area contributed by atoms with Crippen LogP contribution in [0.5, 0.6) is 11.6 Å². The summed E-state index contributed by atoms with van der Waals surface area (Å²) in [5.74, 6) is 1.31. The molecule has 0 saturated carbocycles. The quantitative estimate of drug-likeness (QED) is 0.751. The number of aromatic nitrogens is 1. The minimum absolute atomic E-state index is 0.00716. The second kappa shape index (κ2) is 9.37. The van der Waals surface area contributed by atoms with Gasteiger partial charge in [0.1, 0.15) is 11.3 Å². The molecule has 2 aromatic rings. The maximum absolute atomic E-state index is 12.8. The summed E-state index contributed by atoms with van der Waals surface area (Å²) in [6.07, 6.45) is 1.65. The van der Waals surface area contributed by atoms with Crippen LogP contribution in [0.2, 0.25) is 0 Å². The van der Waals surface area contributed by atoms with Crippen LogP contribution >= 0.6 is 0 Å². The van der Waals surface area contributed by atoms with Gasteiger partial charge in [0.25, 0.3) is 5.91 Å². The topological polar surface area (TPSA) is 54.9 Å². The third kappa shape index (κ3) is 4.98. The van der Waals surface area contributed by atoms with Gasteiger partial charge in [0.05, 0.1) is 13.2 Å². The summed E-state index contributed by atoms with van der Waals surface area (Å²) in [6.45, 7) is 9.04. The van der Waals surface area contributed by atoms with Gasteiger partial charge in [-0.25, -0.2) is 4.98 Å². The number of pyridine rings is 1. The molecular weight excluding hydrogens is 342 g/mol. The third-order valence-corrected chi connectivity index (χ3v) is 4.58.